The van der Waals surface area contributed by atoms with Crippen molar-refractivity contribution in [1.29, 1.82) is 0 Å². The van der Waals surface area contributed by atoms with Crippen LogP contribution in [-0.2, 0) is 0 Å². The maximum atomic E-state index is 14.8. The Morgan fingerprint density at radius 3 is 1.16 bits per heavy atom. The smallest absolute Gasteiger partial charge is 0.319 e. The van der Waals surface area contributed by atoms with Crippen LogP contribution in [0.25, 0.3) is 0 Å². The molecule has 0 N–H and O–H groups in total. The van der Waals surface area contributed by atoms with Crippen LogP contribution in [0, 0.1) is 0 Å². The van der Waals surface area contributed by atoms with Gasteiger partial charge in [0.2, 0.25) is 0 Å². The van der Waals surface area contributed by atoms with Crippen molar-refractivity contribution in [2.24, 2.45) is 0 Å². The summed E-state index contributed by atoms with van der Waals surface area (Å²) in [5, 5.41) is 4.12. The van der Waals surface area contributed by atoms with Crippen LogP contribution in [0.5, 0.6) is 11.5 Å². The lowest BCUT2D eigenvalue weighted by molar-refractivity contribution is 0.102. The van der Waals surface area contributed by atoms with E-state index in [2.05, 4.69) is 100 Å². The van der Waals surface area contributed by atoms with Gasteiger partial charge in [0.1, 0.15) is 11.5 Å². The first kappa shape index (κ1) is 38.2. The van der Waals surface area contributed by atoms with Crippen LogP contribution in [0.2, 0.25) is 11.6 Å². The summed E-state index contributed by atoms with van der Waals surface area (Å²) < 4.78 is 14.5. The van der Waals surface area contributed by atoms with E-state index in [1.807, 2.05) is 109 Å². The molecule has 6 heteroatoms. The molecule has 0 amide bonds. The topological polar surface area (TPSA) is 52.6 Å². The molecule has 278 valence electrons. The van der Waals surface area contributed by atoms with Crippen molar-refractivity contribution >= 4 is 48.7 Å². The van der Waals surface area contributed by atoms with Gasteiger partial charge >= 0.3 is 8.32 Å². The first-order chi connectivity index (χ1) is 27.1. The molecule has 0 aliphatic rings. The molecule has 0 unspecified atom stereocenters. The van der Waals surface area contributed by atoms with Gasteiger partial charge in [-0.3, -0.25) is 9.59 Å². The number of carbonyl (C=O) groups excluding carboxylic acids is 2. The number of hydrogen-bond donors (Lipinski definition) is 0. The van der Waals surface area contributed by atoms with E-state index < -0.39 is 21.4 Å². The van der Waals surface area contributed by atoms with Crippen molar-refractivity contribution in [2.75, 3.05) is 6.23 Å². The highest BCUT2D eigenvalue weighted by Gasteiger charge is 2.52. The van der Waals surface area contributed by atoms with Gasteiger partial charge in [0.15, 0.2) is 19.6 Å². The Morgan fingerprint density at radius 1 is 0.464 bits per heavy atom. The third-order valence-electron chi connectivity index (χ3n) is 10.7. The van der Waals surface area contributed by atoms with Gasteiger partial charge in [-0.25, -0.2) is 0 Å². The van der Waals surface area contributed by atoms with Gasteiger partial charge in [-0.1, -0.05) is 220 Å². The van der Waals surface area contributed by atoms with Crippen LogP contribution < -0.4 is 29.9 Å². The number of ether oxygens (including phenoxy) is 1. The van der Waals surface area contributed by atoms with Crippen LogP contribution >= 0.6 is 0 Å². The average Bonchev–Trinajstić information content (AvgIpc) is 3.25. The lowest BCUT2D eigenvalue weighted by atomic mass is 9.96. The fourth-order valence-corrected chi connectivity index (χ4v) is 15.0. The second-order valence-corrected chi connectivity index (χ2v) is 23.7. The van der Waals surface area contributed by atoms with E-state index in [4.69, 9.17) is 9.16 Å². The third-order valence-corrected chi connectivity index (χ3v) is 19.5. The highest BCUT2D eigenvalue weighted by molar-refractivity contribution is 7.01. The Bertz CT molecular complexity index is 2320. The highest BCUT2D eigenvalue weighted by atomic mass is 28.4. The summed E-state index contributed by atoms with van der Waals surface area (Å²) in [6.45, 7) is 8.88. The van der Waals surface area contributed by atoms with Gasteiger partial charge in [-0.2, -0.15) is 0 Å². The van der Waals surface area contributed by atoms with Crippen LogP contribution in [-0.4, -0.2) is 34.2 Å². The van der Waals surface area contributed by atoms with Gasteiger partial charge in [0.05, 0.1) is 17.4 Å². The Kier molecular flexibility index (Phi) is 11.1. The molecule has 0 aliphatic carbocycles. The highest BCUT2D eigenvalue weighted by Crippen LogP contribution is 2.41. The molecule has 0 radical (unpaired) electrons. The Morgan fingerprint density at radius 2 is 0.786 bits per heavy atom. The number of benzene rings is 7. The normalized spacial score (nSPS) is 11.8. The van der Waals surface area contributed by atoms with Crippen molar-refractivity contribution in [3.63, 3.8) is 0 Å². The molecular formula is C50H46O4Si2. The first-order valence-electron chi connectivity index (χ1n) is 19.0. The van der Waals surface area contributed by atoms with Gasteiger partial charge < -0.3 is 9.16 Å². The summed E-state index contributed by atoms with van der Waals surface area (Å²) in [6.07, 6.45) is 0.337. The van der Waals surface area contributed by atoms with E-state index in [0.717, 1.165) is 10.4 Å². The Hall–Kier alpha value is -6.09. The van der Waals surface area contributed by atoms with E-state index in [1.54, 1.807) is 12.1 Å². The zero-order valence-corrected chi connectivity index (χ0v) is 34.3. The lowest BCUT2D eigenvalue weighted by Gasteiger charge is -2.43. The molecule has 0 saturated heterocycles. The molecular weight excluding hydrogens is 721 g/mol. The van der Waals surface area contributed by atoms with E-state index >= 15 is 0 Å². The molecule has 56 heavy (non-hydrogen) atoms. The van der Waals surface area contributed by atoms with Crippen molar-refractivity contribution < 1.29 is 18.8 Å². The quantitative estimate of drug-likeness (QED) is 0.0870. The predicted molar refractivity (Wildman–Crippen MR) is 234 cm³/mol. The van der Waals surface area contributed by atoms with Crippen LogP contribution in [0.4, 0.5) is 0 Å². The molecule has 0 heterocycles. The van der Waals surface area contributed by atoms with Crippen molar-refractivity contribution in [3.8, 4) is 11.5 Å². The van der Waals surface area contributed by atoms with Crippen LogP contribution in [0.3, 0.4) is 0 Å². The summed E-state index contributed by atoms with van der Waals surface area (Å²) in [6, 6.07) is 63.5. The Labute approximate surface area is 332 Å². The van der Waals surface area contributed by atoms with E-state index in [-0.39, 0.29) is 11.6 Å². The number of carbonyl (C=O) groups is 2. The molecule has 0 saturated carbocycles. The van der Waals surface area contributed by atoms with Crippen LogP contribution in [0.1, 0.15) is 52.6 Å². The van der Waals surface area contributed by atoms with Gasteiger partial charge in [-0.05, 0) is 27.5 Å². The molecule has 0 atom stereocenters. The molecule has 0 bridgehead atoms. The van der Waals surface area contributed by atoms with Gasteiger partial charge in [0, 0.05) is 11.1 Å². The summed E-state index contributed by atoms with van der Waals surface area (Å²) in [5.74, 6) is 0.270. The molecule has 7 aromatic rings. The second kappa shape index (κ2) is 16.3. The predicted octanol–water partition coefficient (Wildman–Crippen LogP) is 8.90. The number of ketones is 2. The SMILES string of the molecule is CC(C)(C)[Si](Oc1cc(C(=O)c2ccccc2)c(OC[Si](C)(c2ccccc2)c2ccccc2)cc1C(=O)c1ccccc1)(c1ccccc1)c1ccccc1. The average molecular weight is 767 g/mol. The van der Waals surface area contributed by atoms with Crippen molar-refractivity contribution in [1.82, 2.24) is 0 Å². The third kappa shape index (κ3) is 7.58. The molecule has 0 aliphatic heterocycles. The molecule has 0 spiro atoms. The molecule has 7 rings (SSSR count). The summed E-state index contributed by atoms with van der Waals surface area (Å²) in [7, 11) is -5.79. The zero-order valence-electron chi connectivity index (χ0n) is 32.3. The lowest BCUT2D eigenvalue weighted by Crippen LogP contribution is -2.69. The molecule has 0 fully saturated rings. The second-order valence-electron chi connectivity index (χ2n) is 15.4. The fraction of sp³-hybridized carbons (Fsp3) is 0.120. The maximum Gasteiger partial charge on any atom is 0.319 e. The molecule has 7 aromatic carbocycles. The Balaban J connectivity index is 1.47. The summed E-state index contributed by atoms with van der Waals surface area (Å²) in [5.41, 5.74) is 1.71. The molecule has 4 nitrogen and oxygen atoms in total. The number of rotatable bonds is 13. The summed E-state index contributed by atoms with van der Waals surface area (Å²) >= 11 is 0. The first-order valence-corrected chi connectivity index (χ1v) is 23.6. The van der Waals surface area contributed by atoms with Crippen LogP contribution in [0.15, 0.2) is 194 Å². The van der Waals surface area contributed by atoms with Gasteiger partial charge in [0.25, 0.3) is 0 Å². The minimum Gasteiger partial charge on any atom is -0.533 e. The van der Waals surface area contributed by atoms with Gasteiger partial charge in [-0.15, -0.1) is 0 Å². The van der Waals surface area contributed by atoms with Crippen molar-refractivity contribution in [2.45, 2.75) is 32.4 Å². The number of hydrogen-bond acceptors (Lipinski definition) is 4. The van der Waals surface area contributed by atoms with E-state index in [1.165, 1.54) is 10.4 Å². The maximum absolute atomic E-state index is 14.8. The minimum atomic E-state index is -3.26. The zero-order chi connectivity index (χ0) is 39.2. The largest absolute Gasteiger partial charge is 0.533 e. The standard InChI is InChI=1S/C50H46O4Si2/c1-50(2,3)56(42-31-19-9-20-32-42,43-33-21-10-22-34-43)54-47-36-44(48(51)38-23-11-5-12-24-38)46(35-45(47)49(52)39-25-13-6-14-26-39)53-37-55(4,40-27-15-7-16-28-40)41-29-17-8-18-30-41/h5-36H,37H2,1-4H3. The van der Waals surface area contributed by atoms with E-state index in [0.29, 0.717) is 40.0 Å². The summed E-state index contributed by atoms with van der Waals surface area (Å²) in [4.78, 5) is 29.6. The monoisotopic (exact) mass is 766 g/mol. The fourth-order valence-electron chi connectivity index (χ4n) is 7.59. The molecule has 0 aromatic heterocycles. The van der Waals surface area contributed by atoms with Crippen molar-refractivity contribution in [3.05, 3.63) is 216 Å². The minimum absolute atomic E-state index is 0.214. The van der Waals surface area contributed by atoms with E-state index in [9.17, 15) is 9.59 Å².